The summed E-state index contributed by atoms with van der Waals surface area (Å²) in [5.74, 6) is 0.566. The van der Waals surface area contributed by atoms with E-state index in [1.54, 1.807) is 0 Å². The molecule has 1 atom stereocenters. The number of allylic oxidation sites excluding steroid dienone is 2. The Morgan fingerprint density at radius 3 is 1.83 bits per heavy atom. The van der Waals surface area contributed by atoms with Gasteiger partial charge in [-0.15, -0.1) is 0 Å². The van der Waals surface area contributed by atoms with Crippen LogP contribution in [0, 0.1) is 22.2 Å². The molecule has 0 aromatic carbocycles. The quantitative estimate of drug-likeness (QED) is 0.490. The zero-order valence-corrected chi connectivity index (χ0v) is 16.7. The summed E-state index contributed by atoms with van der Waals surface area (Å²) in [5.41, 5.74) is 1.62. The van der Waals surface area contributed by atoms with Crippen LogP contribution in [0.3, 0.4) is 0 Å². The number of hydrogen-bond acceptors (Lipinski definition) is 2. The average molecular weight is 321 g/mol. The topological polar surface area (TPSA) is 34.1 Å². The molecule has 0 bridgehead atoms. The summed E-state index contributed by atoms with van der Waals surface area (Å²) < 4.78 is 0. The molecule has 23 heavy (non-hydrogen) atoms. The summed E-state index contributed by atoms with van der Waals surface area (Å²) in [7, 11) is 0. The van der Waals surface area contributed by atoms with Crippen molar-refractivity contribution >= 4 is 11.6 Å². The minimum atomic E-state index is -0.189. The van der Waals surface area contributed by atoms with Crippen LogP contribution in [-0.2, 0) is 9.59 Å². The van der Waals surface area contributed by atoms with Crippen molar-refractivity contribution in [3.05, 3.63) is 11.1 Å². The molecular weight excluding hydrogens is 284 g/mol. The van der Waals surface area contributed by atoms with Crippen molar-refractivity contribution in [3.63, 3.8) is 0 Å². The molecule has 0 N–H and O–H groups in total. The smallest absolute Gasteiger partial charge is 0.166 e. The number of rotatable bonds is 3. The monoisotopic (exact) mass is 320 g/mol. The Kier molecular flexibility index (Phi) is 5.71. The molecule has 0 radical (unpaired) electrons. The van der Waals surface area contributed by atoms with Crippen molar-refractivity contribution in [1.29, 1.82) is 0 Å². The highest BCUT2D eigenvalue weighted by Crippen LogP contribution is 2.44. The molecule has 1 unspecified atom stereocenters. The van der Waals surface area contributed by atoms with Gasteiger partial charge in [0.2, 0.25) is 0 Å². The highest BCUT2D eigenvalue weighted by molar-refractivity contribution is 6.22. The first kappa shape index (κ1) is 20.1. The Bertz CT molecular complexity index is 489. The van der Waals surface area contributed by atoms with E-state index in [-0.39, 0.29) is 27.8 Å². The van der Waals surface area contributed by atoms with Crippen LogP contribution < -0.4 is 0 Å². The Morgan fingerprint density at radius 2 is 1.48 bits per heavy atom. The van der Waals surface area contributed by atoms with E-state index in [9.17, 15) is 9.59 Å². The van der Waals surface area contributed by atoms with Crippen LogP contribution in [0.4, 0.5) is 0 Å². The van der Waals surface area contributed by atoms with Crippen LogP contribution in [-0.4, -0.2) is 11.6 Å². The first-order valence-corrected chi connectivity index (χ1v) is 8.91. The highest BCUT2D eigenvalue weighted by Gasteiger charge is 2.41. The molecule has 2 nitrogen and oxygen atoms in total. The molecule has 0 aromatic rings. The second-order valence-electron chi connectivity index (χ2n) is 10.4. The first-order chi connectivity index (χ1) is 10.1. The standard InChI is InChI=1S/C21H36O2/c1-14(10-15(2)20(6,7)8)18-16(22)11-21(9,12-17(18)23)13-19(3,4)5/h15H,10-13H2,1-9H3. The first-order valence-electron chi connectivity index (χ1n) is 8.91. The van der Waals surface area contributed by atoms with Crippen LogP contribution in [0.5, 0.6) is 0 Å². The summed E-state index contributed by atoms with van der Waals surface area (Å²) in [6, 6.07) is 0. The number of Topliss-reactive ketones (excluding diaryl/α,β-unsaturated/α-hetero) is 2. The zero-order chi connectivity index (χ0) is 18.2. The normalized spacial score (nSPS) is 24.8. The molecule has 0 amide bonds. The Labute approximate surface area is 143 Å². The molecule has 0 saturated heterocycles. The third-order valence-corrected chi connectivity index (χ3v) is 5.21. The predicted octanol–water partition coefficient (Wildman–Crippen LogP) is 5.75. The van der Waals surface area contributed by atoms with E-state index in [4.69, 9.17) is 0 Å². The van der Waals surface area contributed by atoms with Gasteiger partial charge >= 0.3 is 0 Å². The average Bonchev–Trinajstić information content (AvgIpc) is 2.21. The van der Waals surface area contributed by atoms with E-state index in [0.717, 1.165) is 18.4 Å². The van der Waals surface area contributed by atoms with Crippen molar-refractivity contribution in [3.8, 4) is 0 Å². The number of hydrogen-bond donors (Lipinski definition) is 0. The van der Waals surface area contributed by atoms with Gasteiger partial charge in [0, 0.05) is 12.8 Å². The zero-order valence-electron chi connectivity index (χ0n) is 16.7. The van der Waals surface area contributed by atoms with Crippen LogP contribution >= 0.6 is 0 Å². The van der Waals surface area contributed by atoms with Gasteiger partial charge < -0.3 is 0 Å². The number of ketones is 2. The third-order valence-electron chi connectivity index (χ3n) is 5.21. The molecule has 0 aliphatic heterocycles. The van der Waals surface area contributed by atoms with Gasteiger partial charge in [0.15, 0.2) is 11.6 Å². The molecular formula is C21H36O2. The van der Waals surface area contributed by atoms with Crippen LogP contribution in [0.2, 0.25) is 0 Å². The van der Waals surface area contributed by atoms with Gasteiger partial charge in [-0.25, -0.2) is 0 Å². The maximum absolute atomic E-state index is 12.7. The van der Waals surface area contributed by atoms with Gasteiger partial charge in [-0.3, -0.25) is 9.59 Å². The SMILES string of the molecule is CC(CC(C)C(C)(C)C)=C1C(=O)CC(C)(CC(C)(C)C)CC1=O. The molecule has 0 heterocycles. The van der Waals surface area contributed by atoms with E-state index >= 15 is 0 Å². The van der Waals surface area contributed by atoms with E-state index in [1.807, 2.05) is 6.92 Å². The van der Waals surface area contributed by atoms with Crippen LogP contribution in [0.15, 0.2) is 11.1 Å². The summed E-state index contributed by atoms with van der Waals surface area (Å²) in [4.78, 5) is 25.4. The van der Waals surface area contributed by atoms with E-state index < -0.39 is 0 Å². The fourth-order valence-electron chi connectivity index (χ4n) is 3.92. The molecule has 0 aromatic heterocycles. The Balaban J connectivity index is 2.99. The van der Waals surface area contributed by atoms with Gasteiger partial charge in [0.05, 0.1) is 5.57 Å². The minimum Gasteiger partial charge on any atom is -0.294 e. The van der Waals surface area contributed by atoms with Crippen molar-refractivity contribution in [2.24, 2.45) is 22.2 Å². The molecule has 1 fully saturated rings. The molecule has 1 aliphatic carbocycles. The summed E-state index contributed by atoms with van der Waals surface area (Å²) in [5, 5.41) is 0. The molecule has 132 valence electrons. The highest BCUT2D eigenvalue weighted by atomic mass is 16.1. The van der Waals surface area contributed by atoms with Crippen LogP contribution in [0.25, 0.3) is 0 Å². The summed E-state index contributed by atoms with van der Waals surface area (Å²) in [6.45, 7) is 19.4. The maximum atomic E-state index is 12.7. The second-order valence-corrected chi connectivity index (χ2v) is 10.4. The maximum Gasteiger partial charge on any atom is 0.166 e. The number of carbonyl (C=O) groups excluding carboxylic acids is 2. The lowest BCUT2D eigenvalue weighted by molar-refractivity contribution is -0.128. The Hall–Kier alpha value is -0.920. The summed E-state index contributed by atoms with van der Waals surface area (Å²) in [6.07, 6.45) is 2.74. The molecule has 1 rings (SSSR count). The van der Waals surface area contributed by atoms with E-state index in [0.29, 0.717) is 24.3 Å². The van der Waals surface area contributed by atoms with Crippen molar-refractivity contribution < 1.29 is 9.59 Å². The fraction of sp³-hybridized carbons (Fsp3) is 0.810. The van der Waals surface area contributed by atoms with E-state index in [1.165, 1.54) is 0 Å². The van der Waals surface area contributed by atoms with Gasteiger partial charge in [-0.05, 0) is 41.9 Å². The lowest BCUT2D eigenvalue weighted by Crippen LogP contribution is -2.37. The van der Waals surface area contributed by atoms with Gasteiger partial charge in [0.25, 0.3) is 0 Å². The van der Waals surface area contributed by atoms with Crippen LogP contribution in [0.1, 0.15) is 88.0 Å². The largest absolute Gasteiger partial charge is 0.294 e. The Morgan fingerprint density at radius 1 is 1.04 bits per heavy atom. The lowest BCUT2D eigenvalue weighted by atomic mass is 9.64. The molecule has 1 aliphatic rings. The minimum absolute atomic E-state index is 0.0617. The predicted molar refractivity (Wildman–Crippen MR) is 97.4 cm³/mol. The fourth-order valence-corrected chi connectivity index (χ4v) is 3.92. The lowest BCUT2D eigenvalue weighted by Gasteiger charge is -2.38. The molecule has 2 heteroatoms. The van der Waals surface area contributed by atoms with Crippen molar-refractivity contribution in [2.45, 2.75) is 88.0 Å². The van der Waals surface area contributed by atoms with E-state index in [2.05, 4.69) is 55.4 Å². The van der Waals surface area contributed by atoms with Gasteiger partial charge in [-0.1, -0.05) is 61.0 Å². The third kappa shape index (κ3) is 5.58. The summed E-state index contributed by atoms with van der Waals surface area (Å²) >= 11 is 0. The van der Waals surface area contributed by atoms with Gasteiger partial charge in [-0.2, -0.15) is 0 Å². The van der Waals surface area contributed by atoms with Crippen molar-refractivity contribution in [1.82, 2.24) is 0 Å². The molecule has 1 saturated carbocycles. The second kappa shape index (κ2) is 6.53. The number of carbonyl (C=O) groups is 2. The van der Waals surface area contributed by atoms with Crippen molar-refractivity contribution in [2.75, 3.05) is 0 Å². The van der Waals surface area contributed by atoms with Gasteiger partial charge in [0.1, 0.15) is 0 Å². The molecule has 0 spiro atoms.